The van der Waals surface area contributed by atoms with Crippen molar-refractivity contribution in [1.29, 1.82) is 0 Å². The van der Waals surface area contributed by atoms with E-state index in [9.17, 15) is 0 Å². The molecule has 3 nitrogen and oxygen atoms in total. The van der Waals surface area contributed by atoms with Crippen LogP contribution in [0.2, 0.25) is 0 Å². The number of hydrogen-bond acceptors (Lipinski definition) is 3. The zero-order valence-corrected chi connectivity index (χ0v) is 11.8. The number of rotatable bonds is 5. The average Bonchev–Trinajstić information content (AvgIpc) is 3.35. The van der Waals surface area contributed by atoms with Crippen LogP contribution in [0.15, 0.2) is 30.6 Å². The number of nitrogens with zero attached hydrogens (tertiary/aromatic N) is 2. The molecule has 0 amide bonds. The molecule has 2 aliphatic rings. The quantitative estimate of drug-likeness (QED) is 0.844. The maximum atomic E-state index is 6.44. The fraction of sp³-hybridized carbons (Fsp3) is 0.471. The number of nitrogen functional groups attached to an aromatic ring is 1. The molecular weight excluding hydrogens is 246 g/mol. The smallest absolute Gasteiger partial charge is 0.0632 e. The summed E-state index contributed by atoms with van der Waals surface area (Å²) in [7, 11) is 0. The van der Waals surface area contributed by atoms with Crippen molar-refractivity contribution in [3.8, 4) is 0 Å². The van der Waals surface area contributed by atoms with Crippen LogP contribution in [0.25, 0.3) is 10.8 Å². The first-order valence-corrected chi connectivity index (χ1v) is 7.68. The van der Waals surface area contributed by atoms with E-state index < -0.39 is 0 Å². The van der Waals surface area contributed by atoms with Crippen LogP contribution in [-0.4, -0.2) is 18.1 Å². The highest BCUT2D eigenvalue weighted by molar-refractivity contribution is 5.98. The highest BCUT2D eigenvalue weighted by atomic mass is 15.1. The van der Waals surface area contributed by atoms with Gasteiger partial charge in [0.05, 0.1) is 11.4 Å². The van der Waals surface area contributed by atoms with Gasteiger partial charge in [-0.1, -0.05) is 6.07 Å². The van der Waals surface area contributed by atoms with Crippen molar-refractivity contribution in [2.45, 2.75) is 25.7 Å². The number of fused-ring (bicyclic) bond motifs is 1. The number of benzene rings is 1. The van der Waals surface area contributed by atoms with Gasteiger partial charge in [0.25, 0.3) is 0 Å². The molecule has 1 aromatic carbocycles. The third-order valence-electron chi connectivity index (χ3n) is 4.53. The van der Waals surface area contributed by atoms with Gasteiger partial charge in [-0.05, 0) is 49.7 Å². The summed E-state index contributed by atoms with van der Waals surface area (Å²) in [6, 6.07) is 6.37. The molecule has 0 aliphatic heterocycles. The molecule has 1 heterocycles. The van der Waals surface area contributed by atoms with Gasteiger partial charge in [0.2, 0.25) is 0 Å². The summed E-state index contributed by atoms with van der Waals surface area (Å²) < 4.78 is 0. The van der Waals surface area contributed by atoms with Gasteiger partial charge in [-0.2, -0.15) is 0 Å². The van der Waals surface area contributed by atoms with Crippen LogP contribution in [0.3, 0.4) is 0 Å². The van der Waals surface area contributed by atoms with Crippen molar-refractivity contribution in [3.63, 3.8) is 0 Å². The molecule has 2 N–H and O–H groups in total. The second-order valence-corrected chi connectivity index (χ2v) is 6.39. The molecule has 0 unspecified atom stereocenters. The lowest BCUT2D eigenvalue weighted by Crippen LogP contribution is -2.28. The summed E-state index contributed by atoms with van der Waals surface area (Å²) in [5, 5.41) is 2.26. The van der Waals surface area contributed by atoms with E-state index in [1.165, 1.54) is 44.5 Å². The predicted molar refractivity (Wildman–Crippen MR) is 83.8 cm³/mol. The van der Waals surface area contributed by atoms with Gasteiger partial charge in [-0.3, -0.25) is 4.98 Å². The molecule has 104 valence electrons. The fourth-order valence-electron chi connectivity index (χ4n) is 2.95. The number of hydrogen-bond donors (Lipinski definition) is 1. The van der Waals surface area contributed by atoms with Crippen LogP contribution in [0.5, 0.6) is 0 Å². The van der Waals surface area contributed by atoms with Gasteiger partial charge in [-0.25, -0.2) is 0 Å². The predicted octanol–water partition coefficient (Wildman–Crippen LogP) is 3.44. The van der Waals surface area contributed by atoms with Gasteiger partial charge < -0.3 is 10.6 Å². The molecule has 4 rings (SSSR count). The van der Waals surface area contributed by atoms with E-state index in [2.05, 4.69) is 22.0 Å². The Morgan fingerprint density at radius 1 is 1.05 bits per heavy atom. The Hall–Kier alpha value is -1.77. The normalized spacial score (nSPS) is 18.4. The number of pyridine rings is 1. The van der Waals surface area contributed by atoms with Crippen LogP contribution in [0, 0.1) is 11.8 Å². The molecule has 2 saturated carbocycles. The zero-order chi connectivity index (χ0) is 13.5. The van der Waals surface area contributed by atoms with Gasteiger partial charge in [0.1, 0.15) is 0 Å². The average molecular weight is 267 g/mol. The molecule has 0 spiro atoms. The fourth-order valence-corrected chi connectivity index (χ4v) is 2.95. The third kappa shape index (κ3) is 2.33. The molecular formula is C17H21N3. The van der Waals surface area contributed by atoms with Crippen molar-refractivity contribution < 1.29 is 0 Å². The van der Waals surface area contributed by atoms with Crippen molar-refractivity contribution in [2.24, 2.45) is 11.8 Å². The second-order valence-electron chi connectivity index (χ2n) is 6.39. The largest absolute Gasteiger partial charge is 0.397 e. The Morgan fingerprint density at radius 3 is 2.40 bits per heavy atom. The first kappa shape index (κ1) is 12.0. The Labute approximate surface area is 119 Å². The Balaban J connectivity index is 1.71. The maximum absolute atomic E-state index is 6.44. The lowest BCUT2D eigenvalue weighted by atomic mass is 10.1. The second kappa shape index (κ2) is 4.65. The molecule has 0 bridgehead atoms. The minimum absolute atomic E-state index is 0.890. The first-order chi connectivity index (χ1) is 9.81. The molecule has 2 fully saturated rings. The lowest BCUT2D eigenvalue weighted by molar-refractivity contribution is 0.680. The lowest BCUT2D eigenvalue weighted by Gasteiger charge is -2.27. The van der Waals surface area contributed by atoms with Crippen LogP contribution >= 0.6 is 0 Å². The topological polar surface area (TPSA) is 42.1 Å². The van der Waals surface area contributed by atoms with Crippen molar-refractivity contribution in [1.82, 2.24) is 4.98 Å². The summed E-state index contributed by atoms with van der Waals surface area (Å²) >= 11 is 0. The Kier molecular flexibility index (Phi) is 2.79. The van der Waals surface area contributed by atoms with E-state index in [4.69, 9.17) is 5.73 Å². The van der Waals surface area contributed by atoms with Crippen LogP contribution in [0.4, 0.5) is 11.4 Å². The summed E-state index contributed by atoms with van der Waals surface area (Å²) in [6.07, 6.45) is 9.27. The highest BCUT2D eigenvalue weighted by Gasteiger charge is 2.30. The third-order valence-corrected chi connectivity index (χ3v) is 4.53. The monoisotopic (exact) mass is 267 g/mol. The first-order valence-electron chi connectivity index (χ1n) is 7.68. The molecule has 2 aromatic rings. The van der Waals surface area contributed by atoms with Gasteiger partial charge >= 0.3 is 0 Å². The number of aromatic nitrogens is 1. The molecule has 0 atom stereocenters. The zero-order valence-electron chi connectivity index (χ0n) is 11.8. The standard InChI is InChI=1S/C17H21N3/c18-17-15-7-8-19-9-14(15)5-6-16(17)20(10-12-1-2-12)11-13-3-4-13/h5-9,12-13H,1-4,10-11,18H2. The van der Waals surface area contributed by atoms with E-state index >= 15 is 0 Å². The van der Waals surface area contributed by atoms with E-state index in [0.717, 1.165) is 28.3 Å². The summed E-state index contributed by atoms with van der Waals surface area (Å²) in [4.78, 5) is 6.71. The molecule has 0 radical (unpaired) electrons. The van der Waals surface area contributed by atoms with Crippen LogP contribution in [0.1, 0.15) is 25.7 Å². The van der Waals surface area contributed by atoms with E-state index in [1.807, 2.05) is 18.5 Å². The molecule has 0 saturated heterocycles. The maximum Gasteiger partial charge on any atom is 0.0632 e. The minimum atomic E-state index is 0.890. The highest BCUT2D eigenvalue weighted by Crippen LogP contribution is 2.39. The minimum Gasteiger partial charge on any atom is -0.397 e. The van der Waals surface area contributed by atoms with E-state index in [-0.39, 0.29) is 0 Å². The van der Waals surface area contributed by atoms with Crippen molar-refractivity contribution in [2.75, 3.05) is 23.7 Å². The summed E-state index contributed by atoms with van der Waals surface area (Å²) in [5.74, 6) is 1.78. The number of anilines is 2. The molecule has 20 heavy (non-hydrogen) atoms. The Bertz CT molecular complexity index is 615. The van der Waals surface area contributed by atoms with E-state index in [1.54, 1.807) is 0 Å². The van der Waals surface area contributed by atoms with Gasteiger partial charge in [0.15, 0.2) is 0 Å². The van der Waals surface area contributed by atoms with E-state index in [0.29, 0.717) is 0 Å². The van der Waals surface area contributed by atoms with Gasteiger partial charge in [-0.15, -0.1) is 0 Å². The van der Waals surface area contributed by atoms with Crippen molar-refractivity contribution in [3.05, 3.63) is 30.6 Å². The molecule has 2 aliphatic carbocycles. The van der Waals surface area contributed by atoms with Crippen LogP contribution < -0.4 is 10.6 Å². The number of nitrogens with two attached hydrogens (primary N) is 1. The SMILES string of the molecule is Nc1c(N(CC2CC2)CC2CC2)ccc2cnccc12. The van der Waals surface area contributed by atoms with Crippen molar-refractivity contribution >= 4 is 22.1 Å². The molecule has 1 aromatic heterocycles. The Morgan fingerprint density at radius 2 is 1.75 bits per heavy atom. The summed E-state index contributed by atoms with van der Waals surface area (Å²) in [5.41, 5.74) is 8.59. The van der Waals surface area contributed by atoms with Crippen LogP contribution in [-0.2, 0) is 0 Å². The van der Waals surface area contributed by atoms with Gasteiger partial charge in [0, 0.05) is 36.3 Å². The molecule has 3 heteroatoms. The summed E-state index contributed by atoms with van der Waals surface area (Å²) in [6.45, 7) is 2.36.